The maximum absolute atomic E-state index is 13.4. The lowest BCUT2D eigenvalue weighted by molar-refractivity contribution is -0.277. The van der Waals surface area contributed by atoms with Crippen molar-refractivity contribution in [2.24, 2.45) is 0 Å². The van der Waals surface area contributed by atoms with Crippen LogP contribution in [-0.2, 0) is 9.47 Å². The second kappa shape index (κ2) is 11.6. The van der Waals surface area contributed by atoms with Gasteiger partial charge in [0.1, 0.15) is 53.9 Å². The standard InChI is InChI=1S/C26H28O17/c27-5-10-13(31)16(34)19(37)26(40-10)42-23-15(33)11-14(32)17(35)21(7-1-3-8(28)4-2-7)41-22(11)24(20(23)38)43-25-18(36)12(30)9(29)6-39-25/h1-4,9-10,12-13,16,18-19,25-31,33-38H,5-6H2/t9-,10-,12+,13-,16+,18-,19-,25?,26?/m1/s1. The number of aliphatic hydroxyl groups is 7. The number of rotatable bonds is 6. The summed E-state index contributed by atoms with van der Waals surface area (Å²) in [6.07, 6.45) is -16.2. The van der Waals surface area contributed by atoms with Crippen molar-refractivity contribution in [1.29, 1.82) is 0 Å². The number of hydrogen-bond acceptors (Lipinski definition) is 17. The van der Waals surface area contributed by atoms with Crippen LogP contribution >= 0.6 is 0 Å². The molecule has 0 bridgehead atoms. The lowest BCUT2D eigenvalue weighted by atomic mass is 9.99. The van der Waals surface area contributed by atoms with Gasteiger partial charge in [0.05, 0.1) is 13.2 Å². The number of phenolic OH excluding ortho intramolecular Hbond substituents is 3. The van der Waals surface area contributed by atoms with Gasteiger partial charge in [-0.15, -0.1) is 0 Å². The largest absolute Gasteiger partial charge is 0.508 e. The molecule has 0 aliphatic carbocycles. The average molecular weight is 612 g/mol. The van der Waals surface area contributed by atoms with Crippen LogP contribution in [0.2, 0.25) is 0 Å². The lowest BCUT2D eigenvalue weighted by Crippen LogP contribution is -2.60. The third-order valence-electron chi connectivity index (χ3n) is 7.08. The Labute approximate surface area is 239 Å². The SMILES string of the molecule is O=c1c(O)c(-c2ccc(O)cc2)oc2c(OC3OC[C@@H](O)[C@H](O)[C@H]3O)c(O)c(OC3O[C@H](CO)[C@@H](O)[C@H](O)[C@H]3O)c(O)c12. The molecule has 0 saturated carbocycles. The number of ether oxygens (including phenoxy) is 4. The van der Waals surface area contributed by atoms with E-state index in [0.717, 1.165) is 0 Å². The van der Waals surface area contributed by atoms with Gasteiger partial charge in [-0.2, -0.15) is 0 Å². The molecule has 5 rings (SSSR count). The minimum absolute atomic E-state index is 0.0494. The van der Waals surface area contributed by atoms with Gasteiger partial charge in [-0.05, 0) is 24.3 Å². The number of fused-ring (bicyclic) bond motifs is 1. The fourth-order valence-electron chi connectivity index (χ4n) is 4.65. The molecule has 2 aliphatic rings. The molecular weight excluding hydrogens is 584 g/mol. The predicted octanol–water partition coefficient (Wildman–Crippen LogP) is -2.72. The van der Waals surface area contributed by atoms with Crippen molar-refractivity contribution in [3.05, 3.63) is 34.5 Å². The monoisotopic (exact) mass is 612 g/mol. The summed E-state index contributed by atoms with van der Waals surface area (Å²) in [5.74, 6) is -5.97. The maximum atomic E-state index is 13.4. The van der Waals surface area contributed by atoms with Gasteiger partial charge in [0.15, 0.2) is 17.1 Å². The van der Waals surface area contributed by atoms with Crippen molar-refractivity contribution in [3.63, 3.8) is 0 Å². The van der Waals surface area contributed by atoms with Crippen LogP contribution in [0.3, 0.4) is 0 Å². The second-order valence-corrected chi connectivity index (χ2v) is 9.90. The molecular formula is C26H28O17. The highest BCUT2D eigenvalue weighted by molar-refractivity contribution is 5.96. The third-order valence-corrected chi connectivity index (χ3v) is 7.08. The maximum Gasteiger partial charge on any atom is 0.239 e. The van der Waals surface area contributed by atoms with E-state index in [1.54, 1.807) is 0 Å². The van der Waals surface area contributed by atoms with Crippen LogP contribution < -0.4 is 14.9 Å². The van der Waals surface area contributed by atoms with E-state index in [-0.39, 0.29) is 11.3 Å². The first-order valence-electron chi connectivity index (χ1n) is 12.7. The molecule has 9 atom stereocenters. The molecule has 11 N–H and O–H groups in total. The number of aliphatic hydroxyl groups excluding tert-OH is 7. The van der Waals surface area contributed by atoms with E-state index in [4.69, 9.17) is 23.4 Å². The first-order valence-corrected chi connectivity index (χ1v) is 12.7. The zero-order chi connectivity index (χ0) is 31.3. The molecule has 43 heavy (non-hydrogen) atoms. The van der Waals surface area contributed by atoms with Gasteiger partial charge >= 0.3 is 0 Å². The van der Waals surface area contributed by atoms with E-state index in [1.165, 1.54) is 24.3 Å². The summed E-state index contributed by atoms with van der Waals surface area (Å²) >= 11 is 0. The minimum atomic E-state index is -2.03. The molecule has 2 aromatic carbocycles. The predicted molar refractivity (Wildman–Crippen MR) is 137 cm³/mol. The Morgan fingerprint density at radius 2 is 1.37 bits per heavy atom. The van der Waals surface area contributed by atoms with Gasteiger partial charge in [0.25, 0.3) is 0 Å². The van der Waals surface area contributed by atoms with Gasteiger partial charge in [-0.25, -0.2) is 0 Å². The van der Waals surface area contributed by atoms with Crippen LogP contribution in [0.25, 0.3) is 22.3 Å². The number of hydrogen-bond donors (Lipinski definition) is 11. The van der Waals surface area contributed by atoms with Crippen molar-refractivity contribution >= 4 is 11.0 Å². The van der Waals surface area contributed by atoms with Crippen LogP contribution in [-0.4, -0.2) is 125 Å². The van der Waals surface area contributed by atoms with Gasteiger partial charge in [-0.1, -0.05) is 0 Å². The van der Waals surface area contributed by atoms with Gasteiger partial charge in [-0.3, -0.25) is 4.79 Å². The fraction of sp³-hybridized carbons (Fsp3) is 0.423. The van der Waals surface area contributed by atoms with Crippen LogP contribution in [0, 0.1) is 0 Å². The smallest absolute Gasteiger partial charge is 0.239 e. The molecule has 3 heterocycles. The molecule has 1 aromatic heterocycles. The Morgan fingerprint density at radius 3 is 2.02 bits per heavy atom. The summed E-state index contributed by atoms with van der Waals surface area (Å²) in [5.41, 5.74) is -1.99. The topological polar surface area (TPSA) is 290 Å². The first kappa shape index (κ1) is 30.5. The summed E-state index contributed by atoms with van der Waals surface area (Å²) in [4.78, 5) is 13.4. The summed E-state index contributed by atoms with van der Waals surface area (Å²) < 4.78 is 27.1. The van der Waals surface area contributed by atoms with Crippen molar-refractivity contribution in [3.8, 4) is 45.8 Å². The molecule has 2 aliphatic heterocycles. The molecule has 2 unspecified atom stereocenters. The van der Waals surface area contributed by atoms with Crippen molar-refractivity contribution in [2.45, 2.75) is 55.3 Å². The summed E-state index contributed by atoms with van der Waals surface area (Å²) in [6.45, 7) is -1.39. The highest BCUT2D eigenvalue weighted by Gasteiger charge is 2.46. The Balaban J connectivity index is 1.69. The number of aromatic hydroxyl groups is 4. The quantitative estimate of drug-likeness (QED) is 0.135. The first-order chi connectivity index (χ1) is 20.3. The van der Waals surface area contributed by atoms with Crippen LogP contribution in [0.4, 0.5) is 0 Å². The highest BCUT2D eigenvalue weighted by atomic mass is 16.7. The Hall–Kier alpha value is -3.91. The second-order valence-electron chi connectivity index (χ2n) is 9.90. The Kier molecular flexibility index (Phi) is 8.27. The molecule has 234 valence electrons. The van der Waals surface area contributed by atoms with E-state index >= 15 is 0 Å². The number of benzene rings is 2. The van der Waals surface area contributed by atoms with Crippen molar-refractivity contribution < 1.29 is 79.5 Å². The fourth-order valence-corrected chi connectivity index (χ4v) is 4.65. The van der Waals surface area contributed by atoms with Gasteiger partial charge < -0.3 is 79.5 Å². The van der Waals surface area contributed by atoms with E-state index in [0.29, 0.717) is 0 Å². The molecule has 3 aromatic rings. The summed E-state index contributed by atoms with van der Waals surface area (Å²) in [7, 11) is 0. The third kappa shape index (κ3) is 5.26. The minimum Gasteiger partial charge on any atom is -0.508 e. The van der Waals surface area contributed by atoms with Crippen LogP contribution in [0.1, 0.15) is 0 Å². The van der Waals surface area contributed by atoms with E-state index in [1.807, 2.05) is 0 Å². The molecule has 2 saturated heterocycles. The normalized spacial score (nSPS) is 31.2. The number of phenols is 3. The van der Waals surface area contributed by atoms with E-state index < -0.39 is 119 Å². The van der Waals surface area contributed by atoms with Crippen molar-refractivity contribution in [2.75, 3.05) is 13.2 Å². The molecule has 17 nitrogen and oxygen atoms in total. The van der Waals surface area contributed by atoms with Gasteiger partial charge in [0.2, 0.25) is 41.0 Å². The average Bonchev–Trinajstić information content (AvgIpc) is 2.99. The molecule has 17 heteroatoms. The molecule has 0 amide bonds. The molecule has 2 fully saturated rings. The van der Waals surface area contributed by atoms with E-state index in [2.05, 4.69) is 0 Å². The van der Waals surface area contributed by atoms with Gasteiger partial charge in [0, 0.05) is 5.56 Å². The molecule has 0 radical (unpaired) electrons. The highest BCUT2D eigenvalue weighted by Crippen LogP contribution is 2.52. The Bertz CT molecular complexity index is 1540. The summed E-state index contributed by atoms with van der Waals surface area (Å²) in [5, 5.41) is 112. The Morgan fingerprint density at radius 1 is 0.744 bits per heavy atom. The zero-order valence-electron chi connectivity index (χ0n) is 21.8. The summed E-state index contributed by atoms with van der Waals surface area (Å²) in [6, 6.07) is 4.95. The van der Waals surface area contributed by atoms with E-state index in [9.17, 15) is 61.0 Å². The molecule has 0 spiro atoms. The van der Waals surface area contributed by atoms with Crippen LogP contribution in [0.5, 0.6) is 34.5 Å². The van der Waals surface area contributed by atoms with Crippen molar-refractivity contribution in [1.82, 2.24) is 0 Å². The zero-order valence-corrected chi connectivity index (χ0v) is 21.8. The lowest BCUT2D eigenvalue weighted by Gasteiger charge is -2.39. The van der Waals surface area contributed by atoms with Crippen LogP contribution in [0.15, 0.2) is 33.5 Å².